The molecule has 116 valence electrons. The number of carboxylic acids is 1. The maximum Gasteiger partial charge on any atom is 0.323 e. The van der Waals surface area contributed by atoms with Crippen molar-refractivity contribution < 1.29 is 19.1 Å². The first-order chi connectivity index (χ1) is 10.5. The third kappa shape index (κ3) is 3.52. The van der Waals surface area contributed by atoms with Crippen LogP contribution in [0, 0.1) is 5.82 Å². The topological polar surface area (TPSA) is 73.4 Å². The van der Waals surface area contributed by atoms with E-state index in [1.165, 1.54) is 23.2 Å². The van der Waals surface area contributed by atoms with Crippen molar-refractivity contribution in [2.75, 3.05) is 13.1 Å². The van der Waals surface area contributed by atoms with Gasteiger partial charge in [-0.05, 0) is 24.1 Å². The number of aromatic amines is 1. The highest BCUT2D eigenvalue weighted by Crippen LogP contribution is 2.25. The molecule has 22 heavy (non-hydrogen) atoms. The van der Waals surface area contributed by atoms with Crippen LogP contribution in [-0.2, 0) is 4.79 Å². The quantitative estimate of drug-likeness (QED) is 0.862. The normalized spacial score (nSPS) is 10.5. The van der Waals surface area contributed by atoms with Crippen LogP contribution in [0.3, 0.4) is 0 Å². The molecular formula is C16H17FN2O3. The van der Waals surface area contributed by atoms with Crippen LogP contribution in [0.1, 0.15) is 23.7 Å². The van der Waals surface area contributed by atoms with Gasteiger partial charge in [-0.3, -0.25) is 9.59 Å². The molecule has 2 aromatic rings. The Kier molecular flexibility index (Phi) is 4.93. The Balaban J connectivity index is 2.32. The van der Waals surface area contributed by atoms with E-state index < -0.39 is 5.97 Å². The summed E-state index contributed by atoms with van der Waals surface area (Å²) in [5.41, 5.74) is 1.69. The molecular weight excluding hydrogens is 287 g/mol. The van der Waals surface area contributed by atoms with E-state index in [1.807, 2.05) is 6.92 Å². The molecule has 5 nitrogen and oxygen atoms in total. The molecule has 0 saturated carbocycles. The Labute approximate surface area is 127 Å². The van der Waals surface area contributed by atoms with Crippen LogP contribution in [-0.4, -0.2) is 40.0 Å². The minimum absolute atomic E-state index is 0.347. The number of halogens is 1. The number of H-pyrrole nitrogens is 1. The van der Waals surface area contributed by atoms with Gasteiger partial charge in [0.25, 0.3) is 5.91 Å². The second-order valence-corrected chi connectivity index (χ2v) is 4.91. The van der Waals surface area contributed by atoms with Gasteiger partial charge in [0.2, 0.25) is 0 Å². The van der Waals surface area contributed by atoms with Gasteiger partial charge in [0.15, 0.2) is 0 Å². The Morgan fingerprint density at radius 1 is 1.23 bits per heavy atom. The number of carbonyl (C=O) groups excluding carboxylic acids is 1. The lowest BCUT2D eigenvalue weighted by Crippen LogP contribution is -2.36. The van der Waals surface area contributed by atoms with E-state index in [2.05, 4.69) is 4.98 Å². The Morgan fingerprint density at radius 3 is 2.50 bits per heavy atom. The molecule has 1 aromatic carbocycles. The number of aliphatic carboxylic acids is 1. The second-order valence-electron chi connectivity index (χ2n) is 4.91. The first-order valence-electron chi connectivity index (χ1n) is 6.96. The summed E-state index contributed by atoms with van der Waals surface area (Å²) in [6, 6.07) is 5.79. The molecule has 1 aromatic heterocycles. The summed E-state index contributed by atoms with van der Waals surface area (Å²) in [4.78, 5) is 27.6. The summed E-state index contributed by atoms with van der Waals surface area (Å²) in [5, 5.41) is 8.93. The molecule has 0 unspecified atom stereocenters. The van der Waals surface area contributed by atoms with Gasteiger partial charge in [0, 0.05) is 24.5 Å². The van der Waals surface area contributed by atoms with Crippen LogP contribution in [0.15, 0.2) is 36.7 Å². The van der Waals surface area contributed by atoms with Crippen LogP contribution in [0.4, 0.5) is 4.39 Å². The molecule has 0 aliphatic carbocycles. The van der Waals surface area contributed by atoms with Gasteiger partial charge in [-0.25, -0.2) is 4.39 Å². The summed E-state index contributed by atoms with van der Waals surface area (Å²) in [5.74, 6) is -1.77. The van der Waals surface area contributed by atoms with Crippen molar-refractivity contribution in [3.8, 4) is 11.1 Å². The zero-order valence-electron chi connectivity index (χ0n) is 12.2. The van der Waals surface area contributed by atoms with E-state index in [0.29, 0.717) is 29.7 Å². The summed E-state index contributed by atoms with van der Waals surface area (Å²) in [6.07, 6.45) is 3.84. The van der Waals surface area contributed by atoms with Crippen molar-refractivity contribution in [1.29, 1.82) is 0 Å². The highest BCUT2D eigenvalue weighted by molar-refractivity contribution is 6.01. The number of aromatic nitrogens is 1. The van der Waals surface area contributed by atoms with Crippen LogP contribution in [0.2, 0.25) is 0 Å². The number of hydrogen-bond acceptors (Lipinski definition) is 2. The van der Waals surface area contributed by atoms with E-state index in [4.69, 9.17) is 5.11 Å². The number of amides is 1. The maximum absolute atomic E-state index is 13.0. The highest BCUT2D eigenvalue weighted by atomic mass is 19.1. The lowest BCUT2D eigenvalue weighted by Gasteiger charge is -2.20. The fourth-order valence-corrected chi connectivity index (χ4v) is 2.27. The van der Waals surface area contributed by atoms with Gasteiger partial charge in [-0.2, -0.15) is 0 Å². The summed E-state index contributed by atoms with van der Waals surface area (Å²) < 4.78 is 13.0. The zero-order valence-corrected chi connectivity index (χ0v) is 12.2. The molecule has 1 heterocycles. The van der Waals surface area contributed by atoms with Gasteiger partial charge >= 0.3 is 5.97 Å². The lowest BCUT2D eigenvalue weighted by molar-refractivity contribution is -0.137. The predicted molar refractivity (Wildman–Crippen MR) is 80.0 cm³/mol. The van der Waals surface area contributed by atoms with Gasteiger partial charge in [-0.15, -0.1) is 0 Å². The van der Waals surface area contributed by atoms with E-state index in [1.54, 1.807) is 18.3 Å². The fraction of sp³-hybridized carbons (Fsp3) is 0.250. The average molecular weight is 304 g/mol. The second kappa shape index (κ2) is 6.89. The number of rotatable bonds is 6. The van der Waals surface area contributed by atoms with Crippen molar-refractivity contribution in [2.24, 2.45) is 0 Å². The molecule has 0 aliphatic rings. The van der Waals surface area contributed by atoms with Gasteiger partial charge in [-0.1, -0.05) is 19.1 Å². The van der Waals surface area contributed by atoms with Crippen molar-refractivity contribution >= 4 is 11.9 Å². The summed E-state index contributed by atoms with van der Waals surface area (Å²) >= 11 is 0. The van der Waals surface area contributed by atoms with Crippen LogP contribution < -0.4 is 0 Å². The van der Waals surface area contributed by atoms with E-state index >= 15 is 0 Å². The zero-order chi connectivity index (χ0) is 16.1. The van der Waals surface area contributed by atoms with E-state index in [-0.39, 0.29) is 18.3 Å². The van der Waals surface area contributed by atoms with E-state index in [9.17, 15) is 14.0 Å². The number of carboxylic acid groups (broad SMARTS) is 1. The van der Waals surface area contributed by atoms with Crippen molar-refractivity contribution in [3.63, 3.8) is 0 Å². The molecule has 6 heteroatoms. The van der Waals surface area contributed by atoms with Gasteiger partial charge in [0.1, 0.15) is 12.4 Å². The highest BCUT2D eigenvalue weighted by Gasteiger charge is 2.21. The lowest BCUT2D eigenvalue weighted by atomic mass is 10.0. The minimum Gasteiger partial charge on any atom is -0.480 e. The van der Waals surface area contributed by atoms with Crippen molar-refractivity contribution in [3.05, 3.63) is 48.0 Å². The number of nitrogens with zero attached hydrogens (tertiary/aromatic N) is 1. The number of hydrogen-bond donors (Lipinski definition) is 2. The minimum atomic E-state index is -1.05. The summed E-state index contributed by atoms with van der Waals surface area (Å²) in [7, 11) is 0. The predicted octanol–water partition coefficient (Wildman–Crippen LogP) is 2.76. The Bertz CT molecular complexity index is 664. The van der Waals surface area contributed by atoms with Crippen LogP contribution >= 0.6 is 0 Å². The summed E-state index contributed by atoms with van der Waals surface area (Å²) in [6.45, 7) is 1.89. The Hall–Kier alpha value is -2.63. The van der Waals surface area contributed by atoms with E-state index in [0.717, 1.165) is 0 Å². The third-order valence-corrected chi connectivity index (χ3v) is 3.24. The molecule has 0 radical (unpaired) electrons. The smallest absolute Gasteiger partial charge is 0.323 e. The van der Waals surface area contributed by atoms with Gasteiger partial charge in [0.05, 0.1) is 5.56 Å². The molecule has 2 rings (SSSR count). The third-order valence-electron chi connectivity index (χ3n) is 3.24. The molecule has 0 fully saturated rings. The molecule has 0 spiro atoms. The fourth-order valence-electron chi connectivity index (χ4n) is 2.27. The van der Waals surface area contributed by atoms with Crippen molar-refractivity contribution in [1.82, 2.24) is 9.88 Å². The first kappa shape index (κ1) is 15.8. The molecule has 1 amide bonds. The number of nitrogens with one attached hydrogen (secondary N) is 1. The first-order valence-corrected chi connectivity index (χ1v) is 6.96. The van der Waals surface area contributed by atoms with Crippen LogP contribution in [0.5, 0.6) is 0 Å². The largest absolute Gasteiger partial charge is 0.480 e. The number of carbonyl (C=O) groups is 2. The van der Waals surface area contributed by atoms with Gasteiger partial charge < -0.3 is 15.0 Å². The standard InChI is InChI=1S/C16H17FN2O3/c1-2-7-19(10-15(20)21)16(22)14-9-18-8-13(14)11-3-5-12(17)6-4-11/h3-6,8-9,18H,2,7,10H2,1H3,(H,20,21). The molecule has 0 aliphatic heterocycles. The monoisotopic (exact) mass is 304 g/mol. The molecule has 2 N–H and O–H groups in total. The Morgan fingerprint density at radius 2 is 1.91 bits per heavy atom. The molecule has 0 saturated heterocycles. The maximum atomic E-state index is 13.0. The SMILES string of the molecule is CCCN(CC(=O)O)C(=O)c1c[nH]cc1-c1ccc(F)cc1. The molecule has 0 bridgehead atoms. The average Bonchev–Trinajstić information content (AvgIpc) is 2.96. The number of benzene rings is 1. The van der Waals surface area contributed by atoms with Crippen LogP contribution in [0.25, 0.3) is 11.1 Å². The molecule has 0 atom stereocenters. The van der Waals surface area contributed by atoms with Crippen molar-refractivity contribution in [2.45, 2.75) is 13.3 Å².